The molecule has 1 saturated heterocycles. The normalized spacial score (nSPS) is 35.4. The van der Waals surface area contributed by atoms with Crippen molar-refractivity contribution in [1.29, 1.82) is 0 Å². The molecule has 0 radical (unpaired) electrons. The van der Waals surface area contributed by atoms with Gasteiger partial charge in [-0.25, -0.2) is 0 Å². The molecule has 5 rings (SSSR count). The fourth-order valence-electron chi connectivity index (χ4n) is 6.05. The van der Waals surface area contributed by atoms with E-state index < -0.39 is 11.0 Å². The molecule has 2 saturated carbocycles. The van der Waals surface area contributed by atoms with Gasteiger partial charge in [0.15, 0.2) is 0 Å². The van der Waals surface area contributed by atoms with Crippen molar-refractivity contribution in [3.63, 3.8) is 0 Å². The highest BCUT2D eigenvalue weighted by Crippen LogP contribution is 2.60. The number of thiocarbonyl (C=S) groups is 1. The Morgan fingerprint density at radius 2 is 2.11 bits per heavy atom. The molecular weight excluding hydrogens is 360 g/mol. The topological polar surface area (TPSA) is 86.8 Å². The van der Waals surface area contributed by atoms with Crippen LogP contribution in [0.1, 0.15) is 55.2 Å². The number of piperidine rings is 1. The highest BCUT2D eigenvalue weighted by atomic mass is 32.1. The monoisotopic (exact) mass is 386 g/mol. The number of benzene rings is 1. The van der Waals surface area contributed by atoms with Crippen molar-refractivity contribution < 1.29 is 15.0 Å². The van der Waals surface area contributed by atoms with E-state index >= 15 is 0 Å². The van der Waals surface area contributed by atoms with E-state index in [1.807, 2.05) is 6.07 Å². The average Bonchev–Trinajstić information content (AvgIpc) is 3.42. The minimum Gasteiger partial charge on any atom is -0.507 e. The number of carbonyl (C=O) groups excluding carboxylic acids is 1. The third kappa shape index (κ3) is 2.36. The number of phenols is 1. The Labute approximate surface area is 164 Å². The lowest BCUT2D eigenvalue weighted by Crippen LogP contribution is -2.73. The number of nitrogens with two attached hydrogens (primary N) is 1. The molecule has 3 fully saturated rings. The van der Waals surface area contributed by atoms with Crippen molar-refractivity contribution in [2.45, 2.75) is 62.0 Å². The SMILES string of the molecule is NC(=S)c1ccc2c(c1O)[C@]13CCN(CC4CC4)[C@H](C2)[C@]1(O)CCC(=O)C3. The Kier molecular flexibility index (Phi) is 3.75. The van der Waals surface area contributed by atoms with Gasteiger partial charge in [-0.1, -0.05) is 18.3 Å². The number of likely N-dealkylation sites (tertiary alicyclic amines) is 1. The highest BCUT2D eigenvalue weighted by molar-refractivity contribution is 7.80. The van der Waals surface area contributed by atoms with Crippen LogP contribution in [0.4, 0.5) is 0 Å². The third-order valence-corrected chi connectivity index (χ3v) is 7.76. The van der Waals surface area contributed by atoms with Gasteiger partial charge in [0.1, 0.15) is 16.5 Å². The molecule has 5 nitrogen and oxygen atoms in total. The molecule has 3 aliphatic carbocycles. The summed E-state index contributed by atoms with van der Waals surface area (Å²) in [4.78, 5) is 15.1. The lowest BCUT2D eigenvalue weighted by Gasteiger charge is -2.63. The largest absolute Gasteiger partial charge is 0.507 e. The van der Waals surface area contributed by atoms with E-state index in [4.69, 9.17) is 18.0 Å². The molecule has 3 atom stereocenters. The van der Waals surface area contributed by atoms with Gasteiger partial charge >= 0.3 is 0 Å². The Morgan fingerprint density at radius 3 is 2.81 bits per heavy atom. The fraction of sp³-hybridized carbons (Fsp3) is 0.619. The summed E-state index contributed by atoms with van der Waals surface area (Å²) in [6, 6.07) is 3.77. The number of rotatable bonds is 3. The van der Waals surface area contributed by atoms with Gasteiger partial charge in [-0.05, 0) is 56.2 Å². The first kappa shape index (κ1) is 17.6. The Bertz CT molecular complexity index is 852. The van der Waals surface area contributed by atoms with Crippen LogP contribution in [0.5, 0.6) is 5.75 Å². The molecule has 0 unspecified atom stereocenters. The number of hydrogen-bond donors (Lipinski definition) is 3. The van der Waals surface area contributed by atoms with Crippen molar-refractivity contribution in [2.75, 3.05) is 13.1 Å². The van der Waals surface area contributed by atoms with Crippen molar-refractivity contribution in [1.82, 2.24) is 4.90 Å². The molecule has 144 valence electrons. The van der Waals surface area contributed by atoms with E-state index in [0.29, 0.717) is 37.7 Å². The second-order valence-electron chi connectivity index (χ2n) is 8.99. The summed E-state index contributed by atoms with van der Waals surface area (Å²) < 4.78 is 0. The summed E-state index contributed by atoms with van der Waals surface area (Å²) in [5, 5.41) is 23.1. The summed E-state index contributed by atoms with van der Waals surface area (Å²) in [6.45, 7) is 1.89. The van der Waals surface area contributed by atoms with Gasteiger partial charge in [0.2, 0.25) is 0 Å². The molecule has 27 heavy (non-hydrogen) atoms. The predicted molar refractivity (Wildman–Crippen MR) is 106 cm³/mol. The van der Waals surface area contributed by atoms with Crippen LogP contribution in [-0.2, 0) is 16.6 Å². The van der Waals surface area contributed by atoms with Crippen LogP contribution in [0.3, 0.4) is 0 Å². The number of nitrogens with zero attached hydrogens (tertiary/aromatic N) is 1. The first-order valence-corrected chi connectivity index (χ1v) is 10.4. The van der Waals surface area contributed by atoms with Crippen molar-refractivity contribution in [3.05, 3.63) is 28.8 Å². The number of fused-ring (bicyclic) bond motifs is 1. The highest BCUT2D eigenvalue weighted by Gasteiger charge is 2.65. The van der Waals surface area contributed by atoms with Crippen LogP contribution in [-0.4, -0.2) is 50.6 Å². The number of carbonyl (C=O) groups is 1. The van der Waals surface area contributed by atoms with Gasteiger partial charge in [0.25, 0.3) is 0 Å². The van der Waals surface area contributed by atoms with E-state index in [1.165, 1.54) is 12.8 Å². The van der Waals surface area contributed by atoms with Crippen molar-refractivity contribution in [2.24, 2.45) is 11.7 Å². The zero-order valence-corrected chi connectivity index (χ0v) is 16.2. The number of aromatic hydroxyl groups is 1. The average molecular weight is 387 g/mol. The number of hydrogen-bond acceptors (Lipinski definition) is 5. The van der Waals surface area contributed by atoms with E-state index in [-0.39, 0.29) is 22.6 Å². The minimum atomic E-state index is -0.993. The molecule has 0 amide bonds. The zero-order valence-electron chi connectivity index (χ0n) is 15.4. The molecule has 1 aromatic carbocycles. The van der Waals surface area contributed by atoms with Gasteiger partial charge in [-0.3, -0.25) is 9.69 Å². The minimum absolute atomic E-state index is 0.00234. The second-order valence-corrected chi connectivity index (χ2v) is 9.43. The standard InChI is InChI=1S/C21H26N2O3S/c22-19(27)15-4-3-13-9-16-21(26)6-5-14(24)10-20(21,17(13)18(15)25)7-8-23(16)11-12-1-2-12/h3-4,12,16,25-26H,1-2,5-11H2,(H2,22,27)/t16-,20-,21-/m1/s1. The van der Waals surface area contributed by atoms with Crippen LogP contribution in [0.25, 0.3) is 0 Å². The quantitative estimate of drug-likeness (QED) is 0.687. The third-order valence-electron chi connectivity index (χ3n) is 7.54. The first-order valence-electron chi connectivity index (χ1n) is 9.99. The van der Waals surface area contributed by atoms with Crippen LogP contribution in [0, 0.1) is 5.92 Å². The number of phenolic OH excluding ortho intramolecular Hbond substituents is 1. The van der Waals surface area contributed by atoms with E-state index in [0.717, 1.165) is 30.1 Å². The molecule has 4 N–H and O–H groups in total. The summed E-state index contributed by atoms with van der Waals surface area (Å²) in [5.41, 5.74) is 6.29. The van der Waals surface area contributed by atoms with Gasteiger partial charge in [-0.15, -0.1) is 0 Å². The Hall–Kier alpha value is -1.50. The maximum atomic E-state index is 12.5. The van der Waals surface area contributed by atoms with E-state index in [9.17, 15) is 15.0 Å². The van der Waals surface area contributed by atoms with Gasteiger partial charge in [0.05, 0.1) is 11.2 Å². The molecule has 2 bridgehead atoms. The number of ketones is 1. The second kappa shape index (κ2) is 5.75. The zero-order chi connectivity index (χ0) is 19.0. The molecule has 1 aliphatic heterocycles. The Morgan fingerprint density at radius 1 is 1.33 bits per heavy atom. The van der Waals surface area contributed by atoms with Crippen molar-refractivity contribution >= 4 is 23.0 Å². The van der Waals surface area contributed by atoms with Gasteiger partial charge in [-0.2, -0.15) is 0 Å². The maximum absolute atomic E-state index is 12.5. The van der Waals surface area contributed by atoms with Crippen LogP contribution in [0.15, 0.2) is 12.1 Å². The van der Waals surface area contributed by atoms with Crippen molar-refractivity contribution in [3.8, 4) is 5.75 Å². The van der Waals surface area contributed by atoms with Crippen LogP contribution < -0.4 is 5.73 Å². The molecule has 1 heterocycles. The van der Waals surface area contributed by atoms with E-state index in [2.05, 4.69) is 4.90 Å². The van der Waals surface area contributed by atoms with E-state index in [1.54, 1.807) is 6.07 Å². The van der Waals surface area contributed by atoms with Gasteiger partial charge in [0, 0.05) is 36.4 Å². The first-order chi connectivity index (χ1) is 12.9. The molecular formula is C21H26N2O3S. The summed E-state index contributed by atoms with van der Waals surface area (Å²) in [6.07, 6.45) is 5.10. The molecule has 0 aromatic heterocycles. The number of aliphatic hydroxyl groups is 1. The molecule has 1 aromatic rings. The summed E-state index contributed by atoms with van der Waals surface area (Å²) in [5.74, 6) is 0.988. The Balaban J connectivity index is 1.70. The lowest BCUT2D eigenvalue weighted by atomic mass is 9.49. The smallest absolute Gasteiger partial charge is 0.134 e. The van der Waals surface area contributed by atoms with Crippen LogP contribution >= 0.6 is 12.2 Å². The molecule has 0 spiro atoms. The molecule has 4 aliphatic rings. The summed E-state index contributed by atoms with van der Waals surface area (Å²) >= 11 is 5.12. The van der Waals surface area contributed by atoms with Gasteiger partial charge < -0.3 is 15.9 Å². The molecule has 6 heteroatoms. The predicted octanol–water partition coefficient (Wildman–Crippen LogP) is 1.79. The lowest BCUT2D eigenvalue weighted by molar-refractivity contribution is -0.173. The fourth-order valence-corrected chi connectivity index (χ4v) is 6.22. The van der Waals surface area contributed by atoms with Crippen LogP contribution in [0.2, 0.25) is 0 Å². The maximum Gasteiger partial charge on any atom is 0.134 e. The number of Topliss-reactive ketones (excluding diaryl/α,β-unsaturated/α-hetero) is 1. The summed E-state index contributed by atoms with van der Waals surface area (Å²) in [7, 11) is 0.